The number of hydrogen-bond acceptors (Lipinski definition) is 34. The van der Waals surface area contributed by atoms with Crippen LogP contribution in [0.4, 0.5) is 0 Å². The number of rotatable bonds is 33. The summed E-state index contributed by atoms with van der Waals surface area (Å²) in [5.74, 6) is -2.96. The summed E-state index contributed by atoms with van der Waals surface area (Å²) < 4.78 is 51.8. The first-order valence-electron chi connectivity index (χ1n) is 38.4. The molecule has 1 aliphatic heterocycles. The summed E-state index contributed by atoms with van der Waals surface area (Å²) in [5, 5.41) is 103. The van der Waals surface area contributed by atoms with Gasteiger partial charge in [0, 0.05) is 60.7 Å². The number of carbonyl (C=O) groups is 4. The van der Waals surface area contributed by atoms with Gasteiger partial charge in [0.1, 0.15) is 54.9 Å². The molecule has 1 saturated heterocycles. The Labute approximate surface area is 681 Å². The van der Waals surface area contributed by atoms with Crippen LogP contribution in [0.3, 0.4) is 0 Å². The van der Waals surface area contributed by atoms with Crippen molar-refractivity contribution in [3.8, 4) is 34.6 Å². The minimum atomic E-state index is -1.65. The minimum Gasteiger partial charge on any atom is -0.460 e. The molecule has 7 heterocycles. The van der Waals surface area contributed by atoms with Gasteiger partial charge in [0.05, 0.1) is 112 Å². The van der Waals surface area contributed by atoms with Gasteiger partial charge in [-0.25, -0.2) is 29.0 Å². The Hall–Kier alpha value is -10.1. The molecule has 0 amide bonds. The molecule has 10 rings (SSSR count). The van der Waals surface area contributed by atoms with Crippen LogP contribution < -0.4 is 16.7 Å². The number of benzene rings is 3. The molecule has 0 aliphatic carbocycles. The normalized spacial score (nSPS) is 15.6. The molecule has 0 saturated carbocycles. The van der Waals surface area contributed by atoms with E-state index in [4.69, 9.17) is 42.7 Å². The van der Waals surface area contributed by atoms with Gasteiger partial charge in [-0.1, -0.05) is 41.5 Å². The van der Waals surface area contributed by atoms with E-state index in [0.29, 0.717) is 50.7 Å². The molecule has 0 bridgehead atoms. The van der Waals surface area contributed by atoms with Gasteiger partial charge in [-0.05, 0) is 167 Å². The monoisotopic (exact) mass is 1670 g/mol. The quantitative estimate of drug-likeness (QED) is 0.0134. The first-order valence-corrected chi connectivity index (χ1v) is 41.3. The van der Waals surface area contributed by atoms with Crippen LogP contribution >= 0.6 is 0 Å². The van der Waals surface area contributed by atoms with Crippen LogP contribution in [0, 0.1) is 53.4 Å². The minimum absolute atomic E-state index is 0.0261. The molecular formula is C77H112N18O22Si. The molecule has 9 aromatic rings. The van der Waals surface area contributed by atoms with Crippen LogP contribution in [0.15, 0.2) is 50.8 Å². The van der Waals surface area contributed by atoms with Crippen LogP contribution in [0.1, 0.15) is 109 Å². The zero-order valence-corrected chi connectivity index (χ0v) is 71.7. The Balaban J connectivity index is 0.000000228. The Morgan fingerprint density at radius 2 is 0.839 bits per heavy atom. The summed E-state index contributed by atoms with van der Waals surface area (Å²) in [6, 6.07) is 11.0. The second-order valence-corrected chi connectivity index (χ2v) is 35.7. The number of aliphatic hydroxyl groups is 7. The van der Waals surface area contributed by atoms with Gasteiger partial charge < -0.3 is 87.0 Å². The second kappa shape index (κ2) is 42.1. The number of epoxide rings is 1. The fourth-order valence-corrected chi connectivity index (χ4v) is 12.9. The average Bonchev–Trinajstić information content (AvgIpc) is 1.12. The molecule has 3 aromatic carbocycles. The number of carbonyl (C=O) groups excluding carboxylic acids is 4. The van der Waals surface area contributed by atoms with Crippen molar-refractivity contribution in [2.45, 2.75) is 216 Å². The lowest BCUT2D eigenvalue weighted by Crippen LogP contribution is -2.44. The van der Waals surface area contributed by atoms with Crippen molar-refractivity contribution in [1.29, 1.82) is 0 Å². The van der Waals surface area contributed by atoms with E-state index in [1.165, 1.54) is 55.4 Å². The van der Waals surface area contributed by atoms with E-state index in [1.807, 2.05) is 72.7 Å². The highest BCUT2D eigenvalue weighted by Gasteiger charge is 2.40. The highest BCUT2D eigenvalue weighted by Crippen LogP contribution is 2.37. The highest BCUT2D eigenvalue weighted by molar-refractivity contribution is 6.74. The van der Waals surface area contributed by atoms with Crippen molar-refractivity contribution in [2.24, 2.45) is 33.0 Å². The third kappa shape index (κ3) is 25.0. The molecule has 6 aromatic heterocycles. The Kier molecular flexibility index (Phi) is 33.9. The number of aryl methyl sites for hydroxylation is 9. The van der Waals surface area contributed by atoms with Gasteiger partial charge >= 0.3 is 23.9 Å². The topological polar surface area (TPSA) is 522 Å². The Bertz CT molecular complexity index is 5130. The van der Waals surface area contributed by atoms with E-state index in [-0.39, 0.29) is 74.0 Å². The zero-order chi connectivity index (χ0) is 87.7. The molecule has 40 nitrogen and oxygen atoms in total. The summed E-state index contributed by atoms with van der Waals surface area (Å²) in [6.07, 6.45) is -9.11. The number of nitrogens with zero attached hydrogens (tertiary/aromatic N) is 18. The Morgan fingerprint density at radius 1 is 0.500 bits per heavy atom. The predicted octanol–water partition coefficient (Wildman–Crippen LogP) is 2.25. The SMILES string of the molecule is CC(=O)O[C@@H](Cn1c(=O)c(-c2nnnn2C)nc2cc(C)c(C)cc21)[C@H](C)[C@@H](CO)OC(C)=O.CC(C)(C)[Si](C)(C)OCC1CO1.CCC(O)COC[C@@H](OC(C)=O)[C@@H](C)[C@H](Cn1c(=O)c(-c2nnnn2C)nc2cc(C)c(C)cc21)OC(C)=O.Cc1cc2nc(-c3nnnn3C)c(=O)n(C[C@H](O)[C@H](O)[C@H](O)COCC(O)CO)c2cc1C. The number of fused-ring (bicyclic) bond motifs is 3. The van der Waals surface area contributed by atoms with E-state index in [0.717, 1.165) is 46.6 Å². The molecule has 41 heteroatoms. The van der Waals surface area contributed by atoms with Crippen LogP contribution in [0.2, 0.25) is 18.1 Å². The highest BCUT2D eigenvalue weighted by atomic mass is 28.4. The molecule has 7 N–H and O–H groups in total. The van der Waals surface area contributed by atoms with Crippen molar-refractivity contribution in [1.82, 2.24) is 89.3 Å². The maximum Gasteiger partial charge on any atom is 0.302 e. The molecule has 118 heavy (non-hydrogen) atoms. The van der Waals surface area contributed by atoms with Gasteiger partial charge in [0.2, 0.25) is 17.5 Å². The number of ether oxygens (including phenoxy) is 7. The summed E-state index contributed by atoms with van der Waals surface area (Å²) >= 11 is 0. The van der Waals surface area contributed by atoms with Gasteiger partial charge in [0.25, 0.3) is 16.7 Å². The van der Waals surface area contributed by atoms with Gasteiger partial charge in [0.15, 0.2) is 25.4 Å². The number of aliphatic hydroxyl groups excluding tert-OH is 7. The van der Waals surface area contributed by atoms with Gasteiger partial charge in [-0.3, -0.25) is 33.6 Å². The summed E-state index contributed by atoms with van der Waals surface area (Å²) in [7, 11) is 3.26. The van der Waals surface area contributed by atoms with Crippen LogP contribution in [-0.4, -0.2) is 271 Å². The summed E-state index contributed by atoms with van der Waals surface area (Å²) in [6.45, 7) is 32.7. The molecule has 0 spiro atoms. The summed E-state index contributed by atoms with van der Waals surface area (Å²) in [5.41, 5.74) is 7.27. The summed E-state index contributed by atoms with van der Waals surface area (Å²) in [4.78, 5) is 102. The third-order valence-corrected chi connectivity index (χ3v) is 25.1. The number of tetrazole rings is 3. The largest absolute Gasteiger partial charge is 0.460 e. The van der Waals surface area contributed by atoms with Crippen LogP contribution in [0.5, 0.6) is 0 Å². The predicted molar refractivity (Wildman–Crippen MR) is 429 cm³/mol. The third-order valence-electron chi connectivity index (χ3n) is 20.6. The standard InChI is InChI=1S/C26H36N6O7.C22H28N6O6.C20H28N6O7.C9H20O2Si/c1-8-19(35)12-37-13-23(39-18(6)34)16(4)22(38-17(5)33)11-32-21-10-15(3)14(2)9-20(21)27-24(26(32)36)25-28-29-30-31(25)7;1-11-7-16-17(8-12(11)2)28(22(32)20(23-16)21-24-25-26-27(21)6)9-18(33-14(4)30)13(3)19(10-29)34-15(5)31;1-10-4-13-14(5-11(10)2)26(20(32)17(21-13)19-22-23-24-25(19)3)6-15(29)18(31)16(30)9-33-8-12(28)7-27;1-9(2,3)12(4,5)11-7-8-6-10-8/h9-10,16,19,22-23,35H,8,11-13H2,1-7H3;7-8,13,18-19,29H,9-10H2,1-6H3;4-5,12,15-16,18,27-31H,6-9H2,1-3H3;8H,6-7H2,1-5H3/t16-,19?,22-,23+;13-,18-,19+;12?,15-,16+,18-;/m000./s1. The van der Waals surface area contributed by atoms with Crippen LogP contribution in [-0.2, 0) is 97.5 Å². The van der Waals surface area contributed by atoms with Crippen molar-refractivity contribution < 1.29 is 92.5 Å². The molecule has 1 fully saturated rings. The van der Waals surface area contributed by atoms with Crippen LogP contribution in [0.25, 0.3) is 67.7 Å². The van der Waals surface area contributed by atoms with E-state index in [9.17, 15) is 64.2 Å². The molecule has 12 atom stereocenters. The molecular weight excluding hydrogens is 1560 g/mol. The maximum absolute atomic E-state index is 13.8. The lowest BCUT2D eigenvalue weighted by Gasteiger charge is -2.35. The maximum atomic E-state index is 13.8. The molecule has 0 radical (unpaired) electrons. The van der Waals surface area contributed by atoms with E-state index in [2.05, 4.69) is 95.4 Å². The molecule has 3 unspecified atom stereocenters. The van der Waals surface area contributed by atoms with E-state index in [1.54, 1.807) is 47.1 Å². The van der Waals surface area contributed by atoms with Gasteiger partial charge in [-0.2, -0.15) is 0 Å². The lowest BCUT2D eigenvalue weighted by molar-refractivity contribution is -0.164. The molecule has 646 valence electrons. The fraction of sp³-hybridized carbons (Fsp3) is 0.597. The van der Waals surface area contributed by atoms with E-state index >= 15 is 0 Å². The smallest absolute Gasteiger partial charge is 0.302 e. The Morgan fingerprint density at radius 3 is 1.17 bits per heavy atom. The average molecular weight is 1670 g/mol. The first-order chi connectivity index (χ1) is 55.4. The van der Waals surface area contributed by atoms with Crippen molar-refractivity contribution >= 4 is 65.3 Å². The van der Waals surface area contributed by atoms with Crippen molar-refractivity contribution in [2.75, 3.05) is 52.9 Å². The molecule has 1 aliphatic rings. The zero-order valence-electron chi connectivity index (χ0n) is 70.7. The van der Waals surface area contributed by atoms with Crippen molar-refractivity contribution in [3.05, 3.63) is 101 Å². The van der Waals surface area contributed by atoms with Crippen molar-refractivity contribution in [3.63, 3.8) is 0 Å². The number of hydrogen-bond donors (Lipinski definition) is 7. The number of esters is 4. The number of aromatic nitrogens is 18. The lowest BCUT2D eigenvalue weighted by atomic mass is 9.97. The first kappa shape index (κ1) is 95.1. The second-order valence-electron chi connectivity index (χ2n) is 30.9. The van der Waals surface area contributed by atoms with Gasteiger partial charge in [-0.15, -0.1) is 15.3 Å². The fourth-order valence-electron chi connectivity index (χ4n) is 11.8. The van der Waals surface area contributed by atoms with E-state index < -0.39 is 135 Å².